The zero-order valence-electron chi connectivity index (χ0n) is 10.5. The lowest BCUT2D eigenvalue weighted by molar-refractivity contribution is -0.384. The van der Waals surface area contributed by atoms with Crippen LogP contribution in [0.2, 0.25) is 0 Å². The second-order valence-electron chi connectivity index (χ2n) is 4.70. The fraction of sp³-hybridized carbons (Fsp3) is 0.500. The van der Waals surface area contributed by atoms with Crippen LogP contribution in [0.25, 0.3) is 0 Å². The Morgan fingerprint density at radius 3 is 2.68 bits per heavy atom. The first-order valence-corrected chi connectivity index (χ1v) is 6.07. The number of hydrogen-bond acceptors (Lipinski definition) is 6. The molecule has 1 saturated heterocycles. The molecule has 0 aliphatic carbocycles. The number of hydrogen-bond donors (Lipinski definition) is 3. The summed E-state index contributed by atoms with van der Waals surface area (Å²) in [7, 11) is 0. The van der Waals surface area contributed by atoms with Crippen molar-refractivity contribution in [3.8, 4) is 0 Å². The van der Waals surface area contributed by atoms with Gasteiger partial charge in [0.1, 0.15) is 0 Å². The SMILES string of the molecule is Nc1cc([N+](=O)[O-])ccc1NC1(CO)CCOCC1. The highest BCUT2D eigenvalue weighted by atomic mass is 16.6. The molecule has 0 atom stereocenters. The van der Waals surface area contributed by atoms with Crippen LogP contribution in [0.5, 0.6) is 0 Å². The van der Waals surface area contributed by atoms with Gasteiger partial charge >= 0.3 is 0 Å². The number of nitrogens with one attached hydrogen (secondary N) is 1. The Labute approximate surface area is 110 Å². The largest absolute Gasteiger partial charge is 0.397 e. The summed E-state index contributed by atoms with van der Waals surface area (Å²) < 4.78 is 5.27. The first-order valence-electron chi connectivity index (χ1n) is 6.07. The highest BCUT2D eigenvalue weighted by molar-refractivity contribution is 5.70. The fourth-order valence-corrected chi connectivity index (χ4v) is 2.15. The quantitative estimate of drug-likeness (QED) is 0.428. The van der Waals surface area contributed by atoms with Gasteiger partial charge in [-0.05, 0) is 18.9 Å². The van der Waals surface area contributed by atoms with Crippen molar-refractivity contribution in [2.24, 2.45) is 0 Å². The molecule has 0 radical (unpaired) electrons. The van der Waals surface area contributed by atoms with E-state index in [4.69, 9.17) is 10.5 Å². The maximum Gasteiger partial charge on any atom is 0.271 e. The zero-order valence-corrected chi connectivity index (χ0v) is 10.5. The van der Waals surface area contributed by atoms with Crippen molar-refractivity contribution in [2.75, 3.05) is 30.9 Å². The summed E-state index contributed by atoms with van der Waals surface area (Å²) in [5, 5.41) is 23.4. The molecular formula is C12H17N3O4. The molecule has 1 fully saturated rings. The molecule has 0 unspecified atom stereocenters. The minimum atomic E-state index is -0.490. The molecule has 0 amide bonds. The van der Waals surface area contributed by atoms with Crippen LogP contribution in [-0.2, 0) is 4.74 Å². The number of nitrogens with zero attached hydrogens (tertiary/aromatic N) is 1. The van der Waals surface area contributed by atoms with Crippen LogP contribution >= 0.6 is 0 Å². The normalized spacial score (nSPS) is 17.9. The van der Waals surface area contributed by atoms with Crippen molar-refractivity contribution in [1.82, 2.24) is 0 Å². The Kier molecular flexibility index (Phi) is 3.87. The number of nitrogens with two attached hydrogens (primary N) is 1. The molecular weight excluding hydrogens is 250 g/mol. The number of anilines is 2. The number of nitro groups is 1. The smallest absolute Gasteiger partial charge is 0.271 e. The van der Waals surface area contributed by atoms with Gasteiger partial charge in [-0.25, -0.2) is 0 Å². The molecule has 4 N–H and O–H groups in total. The third-order valence-corrected chi connectivity index (χ3v) is 3.40. The van der Waals surface area contributed by atoms with E-state index in [-0.39, 0.29) is 12.3 Å². The summed E-state index contributed by atoms with van der Waals surface area (Å²) in [5.74, 6) is 0. The van der Waals surface area contributed by atoms with Gasteiger partial charge in [0.2, 0.25) is 0 Å². The van der Waals surface area contributed by atoms with E-state index in [1.54, 1.807) is 6.07 Å². The molecule has 1 aliphatic heterocycles. The lowest BCUT2D eigenvalue weighted by atomic mass is 9.90. The van der Waals surface area contributed by atoms with Crippen molar-refractivity contribution in [3.05, 3.63) is 28.3 Å². The highest BCUT2D eigenvalue weighted by Gasteiger charge is 2.32. The minimum absolute atomic E-state index is 0.0349. The first-order chi connectivity index (χ1) is 9.06. The van der Waals surface area contributed by atoms with E-state index < -0.39 is 10.5 Å². The molecule has 0 bridgehead atoms. The molecule has 104 valence electrons. The Balaban J connectivity index is 2.20. The Hall–Kier alpha value is -1.86. The molecule has 2 rings (SSSR count). The van der Waals surface area contributed by atoms with Crippen LogP contribution in [0.1, 0.15) is 12.8 Å². The molecule has 1 aromatic carbocycles. The Morgan fingerprint density at radius 1 is 1.47 bits per heavy atom. The Morgan fingerprint density at radius 2 is 2.16 bits per heavy atom. The summed E-state index contributed by atoms with van der Waals surface area (Å²) in [5.41, 5.74) is 6.19. The predicted molar refractivity (Wildman–Crippen MR) is 71.0 cm³/mol. The van der Waals surface area contributed by atoms with Crippen LogP contribution in [0.15, 0.2) is 18.2 Å². The van der Waals surface area contributed by atoms with Gasteiger partial charge in [0.25, 0.3) is 5.69 Å². The number of aliphatic hydroxyl groups excluding tert-OH is 1. The molecule has 1 aromatic rings. The molecule has 1 heterocycles. The van der Waals surface area contributed by atoms with Gasteiger partial charge in [-0.2, -0.15) is 0 Å². The van der Waals surface area contributed by atoms with Gasteiger partial charge in [-0.3, -0.25) is 10.1 Å². The molecule has 0 saturated carbocycles. The summed E-state index contributed by atoms with van der Waals surface area (Å²) in [4.78, 5) is 10.2. The summed E-state index contributed by atoms with van der Waals surface area (Å²) in [6, 6.07) is 4.27. The molecule has 7 heteroatoms. The van der Waals surface area contributed by atoms with Crippen LogP contribution in [0, 0.1) is 10.1 Å². The number of rotatable bonds is 4. The van der Waals surface area contributed by atoms with E-state index in [1.165, 1.54) is 12.1 Å². The predicted octanol–water partition coefficient (Wildman–Crippen LogP) is 1.13. The van der Waals surface area contributed by atoms with Gasteiger partial charge in [-0.15, -0.1) is 0 Å². The van der Waals surface area contributed by atoms with E-state index >= 15 is 0 Å². The molecule has 0 aromatic heterocycles. The second-order valence-corrected chi connectivity index (χ2v) is 4.70. The van der Waals surface area contributed by atoms with Crippen molar-refractivity contribution in [2.45, 2.75) is 18.4 Å². The lowest BCUT2D eigenvalue weighted by Gasteiger charge is -2.37. The fourth-order valence-electron chi connectivity index (χ4n) is 2.15. The van der Waals surface area contributed by atoms with Crippen molar-refractivity contribution in [3.63, 3.8) is 0 Å². The number of nitrogen functional groups attached to an aromatic ring is 1. The number of ether oxygens (including phenoxy) is 1. The molecule has 0 spiro atoms. The second kappa shape index (κ2) is 5.41. The number of benzene rings is 1. The number of non-ortho nitro benzene ring substituents is 1. The van der Waals surface area contributed by atoms with Crippen molar-refractivity contribution < 1.29 is 14.8 Å². The van der Waals surface area contributed by atoms with Gasteiger partial charge in [-0.1, -0.05) is 0 Å². The summed E-state index contributed by atoms with van der Waals surface area (Å²) >= 11 is 0. The van der Waals surface area contributed by atoms with Crippen LogP contribution in [0.3, 0.4) is 0 Å². The first kappa shape index (κ1) is 13.6. The summed E-state index contributed by atoms with van der Waals surface area (Å²) in [6.07, 6.45) is 1.33. The number of nitro benzene ring substituents is 1. The Bertz CT molecular complexity index is 472. The van der Waals surface area contributed by atoms with E-state index in [1.807, 2.05) is 0 Å². The molecule has 1 aliphatic rings. The lowest BCUT2D eigenvalue weighted by Crippen LogP contribution is -2.47. The van der Waals surface area contributed by atoms with Crippen molar-refractivity contribution in [1.29, 1.82) is 0 Å². The molecule has 19 heavy (non-hydrogen) atoms. The van der Waals surface area contributed by atoms with E-state index in [0.717, 1.165) is 0 Å². The average Bonchev–Trinajstić information content (AvgIpc) is 2.42. The third kappa shape index (κ3) is 2.94. The van der Waals surface area contributed by atoms with Gasteiger partial charge in [0, 0.05) is 25.3 Å². The minimum Gasteiger partial charge on any atom is -0.397 e. The van der Waals surface area contributed by atoms with Crippen LogP contribution in [0.4, 0.5) is 17.1 Å². The highest BCUT2D eigenvalue weighted by Crippen LogP contribution is 2.30. The van der Waals surface area contributed by atoms with Crippen LogP contribution in [-0.4, -0.2) is 35.4 Å². The average molecular weight is 267 g/mol. The van der Waals surface area contributed by atoms with E-state index in [0.29, 0.717) is 37.4 Å². The maximum absolute atomic E-state index is 10.6. The zero-order chi connectivity index (χ0) is 13.9. The third-order valence-electron chi connectivity index (χ3n) is 3.40. The maximum atomic E-state index is 10.6. The van der Waals surface area contributed by atoms with E-state index in [2.05, 4.69) is 5.32 Å². The van der Waals surface area contributed by atoms with Crippen molar-refractivity contribution >= 4 is 17.1 Å². The van der Waals surface area contributed by atoms with Gasteiger partial charge in [0.05, 0.1) is 28.4 Å². The van der Waals surface area contributed by atoms with Gasteiger partial charge < -0.3 is 20.9 Å². The van der Waals surface area contributed by atoms with E-state index in [9.17, 15) is 15.2 Å². The van der Waals surface area contributed by atoms with Gasteiger partial charge in [0.15, 0.2) is 0 Å². The molecule has 7 nitrogen and oxygen atoms in total. The van der Waals surface area contributed by atoms with Crippen LogP contribution < -0.4 is 11.1 Å². The number of aliphatic hydroxyl groups is 1. The topological polar surface area (TPSA) is 111 Å². The monoisotopic (exact) mass is 267 g/mol. The summed E-state index contributed by atoms with van der Waals surface area (Å²) in [6.45, 7) is 1.10. The standard InChI is InChI=1S/C12H17N3O4/c13-10-7-9(15(17)18)1-2-11(10)14-12(8-16)3-5-19-6-4-12/h1-2,7,14,16H,3-6,8,13H2.